The fourth-order valence-electron chi connectivity index (χ4n) is 1.12. The van der Waals surface area contributed by atoms with Crippen molar-refractivity contribution in [2.45, 2.75) is 32.8 Å². The third kappa shape index (κ3) is 8.22. The van der Waals surface area contributed by atoms with Gasteiger partial charge in [0.2, 0.25) is 0 Å². The Kier molecular flexibility index (Phi) is 8.40. The second kappa shape index (κ2) is 8.48. The molecule has 0 spiro atoms. The fourth-order valence-corrected chi connectivity index (χ4v) is 1.12. The van der Waals surface area contributed by atoms with Crippen molar-refractivity contribution in [2.24, 2.45) is 0 Å². The van der Waals surface area contributed by atoms with Gasteiger partial charge in [-0.15, -0.1) is 0 Å². The van der Waals surface area contributed by atoms with Crippen LogP contribution in [0.2, 0.25) is 0 Å². The van der Waals surface area contributed by atoms with Crippen LogP contribution in [0.3, 0.4) is 0 Å². The summed E-state index contributed by atoms with van der Waals surface area (Å²) in [5, 5.41) is 12.8. The number of unbranched alkanes of at least 4 members (excludes halogenated alkanes) is 1. The van der Waals surface area contributed by atoms with Crippen molar-refractivity contribution < 1.29 is 5.11 Å². The Bertz CT molecular complexity index is 109. The van der Waals surface area contributed by atoms with Gasteiger partial charge in [-0.2, -0.15) is 0 Å². The molecule has 1 atom stereocenters. The average Bonchev–Trinajstić information content (AvgIpc) is 2.12. The lowest BCUT2D eigenvalue weighted by Gasteiger charge is -2.18. The van der Waals surface area contributed by atoms with E-state index in [1.807, 2.05) is 7.05 Å². The highest BCUT2D eigenvalue weighted by molar-refractivity contribution is 4.63. The second-order valence-electron chi connectivity index (χ2n) is 3.57. The number of nitrogens with zero attached hydrogens (tertiary/aromatic N) is 1. The molecule has 0 fully saturated rings. The van der Waals surface area contributed by atoms with Crippen LogP contribution in [0.5, 0.6) is 0 Å². The van der Waals surface area contributed by atoms with E-state index in [4.69, 9.17) is 0 Å². The van der Waals surface area contributed by atoms with Gasteiger partial charge >= 0.3 is 0 Å². The number of likely N-dealkylation sites (N-methyl/N-ethyl adjacent to an activating group) is 1. The van der Waals surface area contributed by atoms with E-state index in [0.29, 0.717) is 6.54 Å². The van der Waals surface area contributed by atoms with E-state index in [1.54, 1.807) is 0 Å². The van der Waals surface area contributed by atoms with E-state index in [1.165, 1.54) is 12.8 Å². The number of aliphatic hydroxyl groups excluding tert-OH is 1. The summed E-state index contributed by atoms with van der Waals surface area (Å²) in [6, 6.07) is 0. The first kappa shape index (κ1) is 12.9. The third-order valence-corrected chi connectivity index (χ3v) is 2.15. The zero-order valence-electron chi connectivity index (χ0n) is 9.21. The first-order valence-corrected chi connectivity index (χ1v) is 5.28. The highest BCUT2D eigenvalue weighted by atomic mass is 16.3. The summed E-state index contributed by atoms with van der Waals surface area (Å²) < 4.78 is 0. The van der Waals surface area contributed by atoms with Crippen molar-refractivity contribution in [3.8, 4) is 0 Å². The molecule has 0 radical (unpaired) electrons. The second-order valence-corrected chi connectivity index (χ2v) is 3.57. The van der Waals surface area contributed by atoms with Gasteiger partial charge in [0.25, 0.3) is 0 Å². The lowest BCUT2D eigenvalue weighted by atomic mass is 10.3. The summed E-state index contributed by atoms with van der Waals surface area (Å²) in [5.41, 5.74) is 0. The number of aliphatic hydroxyl groups is 1. The highest BCUT2D eigenvalue weighted by Gasteiger charge is 2.05. The van der Waals surface area contributed by atoms with Gasteiger partial charge in [-0.05, 0) is 26.6 Å². The maximum Gasteiger partial charge on any atom is 0.0791 e. The lowest BCUT2D eigenvalue weighted by Crippen LogP contribution is -2.36. The highest BCUT2D eigenvalue weighted by Crippen LogP contribution is 1.88. The molecule has 0 amide bonds. The Labute approximate surface area is 82.1 Å². The molecule has 0 aliphatic carbocycles. The van der Waals surface area contributed by atoms with Crippen LogP contribution in [-0.2, 0) is 0 Å². The molecular formula is C10H24N2O. The van der Waals surface area contributed by atoms with Gasteiger partial charge in [-0.1, -0.05) is 20.3 Å². The van der Waals surface area contributed by atoms with E-state index in [2.05, 4.69) is 24.1 Å². The zero-order chi connectivity index (χ0) is 10.1. The molecule has 0 bridgehead atoms. The summed E-state index contributed by atoms with van der Waals surface area (Å²) in [5.74, 6) is 0. The molecule has 0 aromatic carbocycles. The number of nitrogens with one attached hydrogen (secondary N) is 1. The van der Waals surface area contributed by atoms with Crippen LogP contribution in [-0.4, -0.2) is 49.3 Å². The summed E-state index contributed by atoms with van der Waals surface area (Å²) in [7, 11) is 2.02. The van der Waals surface area contributed by atoms with Gasteiger partial charge in [-0.25, -0.2) is 0 Å². The SMILES string of the molecule is CCCCNCC(O)CN(C)CC. The average molecular weight is 188 g/mol. The number of hydrogen-bond acceptors (Lipinski definition) is 3. The standard InChI is InChI=1S/C10H24N2O/c1-4-6-7-11-8-10(13)9-12(3)5-2/h10-11,13H,4-9H2,1-3H3. The summed E-state index contributed by atoms with van der Waals surface area (Å²) >= 11 is 0. The molecule has 80 valence electrons. The van der Waals surface area contributed by atoms with Crippen LogP contribution < -0.4 is 5.32 Å². The maximum absolute atomic E-state index is 9.55. The van der Waals surface area contributed by atoms with Crippen LogP contribution in [0, 0.1) is 0 Å². The van der Waals surface area contributed by atoms with Crippen LogP contribution in [0.15, 0.2) is 0 Å². The monoisotopic (exact) mass is 188 g/mol. The lowest BCUT2D eigenvalue weighted by molar-refractivity contribution is 0.126. The van der Waals surface area contributed by atoms with E-state index < -0.39 is 0 Å². The molecule has 13 heavy (non-hydrogen) atoms. The van der Waals surface area contributed by atoms with Gasteiger partial charge in [0.1, 0.15) is 0 Å². The zero-order valence-corrected chi connectivity index (χ0v) is 9.21. The summed E-state index contributed by atoms with van der Waals surface area (Å²) in [6.07, 6.45) is 2.16. The molecule has 0 aliphatic rings. The maximum atomic E-state index is 9.55. The van der Waals surface area contributed by atoms with Gasteiger partial charge in [-0.3, -0.25) is 0 Å². The number of hydrogen-bond donors (Lipinski definition) is 2. The Hall–Kier alpha value is -0.120. The van der Waals surface area contributed by atoms with Crippen LogP contribution in [0.1, 0.15) is 26.7 Å². The van der Waals surface area contributed by atoms with E-state index in [-0.39, 0.29) is 6.10 Å². The first-order valence-electron chi connectivity index (χ1n) is 5.28. The van der Waals surface area contributed by atoms with Crippen molar-refractivity contribution in [3.05, 3.63) is 0 Å². The molecule has 0 rings (SSSR count). The smallest absolute Gasteiger partial charge is 0.0791 e. The van der Waals surface area contributed by atoms with Crippen LogP contribution in [0.25, 0.3) is 0 Å². The predicted octanol–water partition coefficient (Wildman–Crippen LogP) is 0.689. The minimum atomic E-state index is -0.234. The van der Waals surface area contributed by atoms with E-state index in [0.717, 1.165) is 19.6 Å². The third-order valence-electron chi connectivity index (χ3n) is 2.15. The van der Waals surface area contributed by atoms with Crippen molar-refractivity contribution in [1.82, 2.24) is 10.2 Å². The van der Waals surface area contributed by atoms with Crippen molar-refractivity contribution in [1.29, 1.82) is 0 Å². The van der Waals surface area contributed by atoms with Gasteiger partial charge in [0.15, 0.2) is 0 Å². The largest absolute Gasteiger partial charge is 0.390 e. The Balaban J connectivity index is 3.24. The van der Waals surface area contributed by atoms with Crippen molar-refractivity contribution in [3.63, 3.8) is 0 Å². The normalized spacial score (nSPS) is 13.6. The molecule has 0 saturated heterocycles. The molecule has 0 heterocycles. The van der Waals surface area contributed by atoms with Crippen LogP contribution >= 0.6 is 0 Å². The Morgan fingerprint density at radius 3 is 2.62 bits per heavy atom. The van der Waals surface area contributed by atoms with Crippen molar-refractivity contribution in [2.75, 3.05) is 33.2 Å². The van der Waals surface area contributed by atoms with Gasteiger partial charge in [0, 0.05) is 13.1 Å². The quantitative estimate of drug-likeness (QED) is 0.550. The number of rotatable bonds is 8. The molecule has 0 aliphatic heterocycles. The molecule has 1 unspecified atom stereocenters. The minimum Gasteiger partial charge on any atom is -0.390 e. The predicted molar refractivity (Wildman–Crippen MR) is 57.0 cm³/mol. The summed E-state index contributed by atoms with van der Waals surface area (Å²) in [4.78, 5) is 2.12. The van der Waals surface area contributed by atoms with Crippen LogP contribution in [0.4, 0.5) is 0 Å². The van der Waals surface area contributed by atoms with E-state index >= 15 is 0 Å². The fraction of sp³-hybridized carbons (Fsp3) is 1.00. The minimum absolute atomic E-state index is 0.234. The molecule has 0 aromatic heterocycles. The first-order chi connectivity index (χ1) is 6.20. The molecule has 3 heteroatoms. The van der Waals surface area contributed by atoms with E-state index in [9.17, 15) is 5.11 Å². The van der Waals surface area contributed by atoms with Gasteiger partial charge < -0.3 is 15.3 Å². The molecule has 2 N–H and O–H groups in total. The molecular weight excluding hydrogens is 164 g/mol. The Morgan fingerprint density at radius 2 is 2.08 bits per heavy atom. The van der Waals surface area contributed by atoms with Crippen molar-refractivity contribution >= 4 is 0 Å². The molecule has 0 aromatic rings. The summed E-state index contributed by atoms with van der Waals surface area (Å²) in [6.45, 7) is 7.75. The van der Waals surface area contributed by atoms with Gasteiger partial charge in [0.05, 0.1) is 6.10 Å². The Morgan fingerprint density at radius 1 is 1.38 bits per heavy atom. The topological polar surface area (TPSA) is 35.5 Å². The molecule has 0 saturated carbocycles. The molecule has 3 nitrogen and oxygen atoms in total.